The van der Waals surface area contributed by atoms with Crippen LogP contribution in [0.4, 0.5) is 5.69 Å². The van der Waals surface area contributed by atoms with Gasteiger partial charge in [0.15, 0.2) is 0 Å². The fraction of sp³-hybridized carbons (Fsp3) is 0.471. The van der Waals surface area contributed by atoms with E-state index in [0.717, 1.165) is 21.8 Å². The molecule has 3 rings (SSSR count). The third kappa shape index (κ3) is 2.83. The molecule has 1 aromatic carbocycles. The first kappa shape index (κ1) is 13.9. The number of halogens is 1. The van der Waals surface area contributed by atoms with Crippen LogP contribution in [0.1, 0.15) is 33.1 Å². The van der Waals surface area contributed by atoms with E-state index in [9.17, 15) is 0 Å². The minimum atomic E-state index is 0.581. The summed E-state index contributed by atoms with van der Waals surface area (Å²) in [6.45, 7) is 4.74. The maximum absolute atomic E-state index is 4.57. The Hall–Kier alpha value is -1.09. The topological polar surface area (TPSA) is 24.9 Å². The molecular weight excluding hydrogens is 312 g/mol. The van der Waals surface area contributed by atoms with Crippen molar-refractivity contribution in [3.05, 3.63) is 34.9 Å². The summed E-state index contributed by atoms with van der Waals surface area (Å²) in [6, 6.07) is 9.07. The Balaban J connectivity index is 1.84. The summed E-state index contributed by atoms with van der Waals surface area (Å²) in [5.74, 6) is 1.66. The monoisotopic (exact) mass is 332 g/mol. The van der Waals surface area contributed by atoms with Gasteiger partial charge in [-0.05, 0) is 59.2 Å². The highest BCUT2D eigenvalue weighted by Gasteiger charge is 2.24. The molecule has 1 aliphatic carbocycles. The Bertz CT molecular complexity index is 611. The molecule has 3 heteroatoms. The van der Waals surface area contributed by atoms with Gasteiger partial charge in [-0.1, -0.05) is 26.0 Å². The van der Waals surface area contributed by atoms with E-state index >= 15 is 0 Å². The van der Waals surface area contributed by atoms with E-state index in [1.807, 2.05) is 6.20 Å². The average molecular weight is 333 g/mol. The van der Waals surface area contributed by atoms with E-state index < -0.39 is 0 Å². The lowest BCUT2D eigenvalue weighted by atomic mass is 9.79. The van der Waals surface area contributed by atoms with Gasteiger partial charge in [-0.2, -0.15) is 0 Å². The Kier molecular flexibility index (Phi) is 3.97. The molecule has 2 aromatic rings. The predicted molar refractivity (Wildman–Crippen MR) is 89.0 cm³/mol. The molecule has 0 saturated heterocycles. The second-order valence-electron chi connectivity index (χ2n) is 6.14. The molecule has 3 unspecified atom stereocenters. The minimum Gasteiger partial charge on any atom is -0.381 e. The lowest BCUT2D eigenvalue weighted by Gasteiger charge is -2.33. The first-order chi connectivity index (χ1) is 9.63. The highest BCUT2D eigenvalue weighted by atomic mass is 79.9. The van der Waals surface area contributed by atoms with Crippen LogP contribution in [0.2, 0.25) is 0 Å². The second kappa shape index (κ2) is 5.72. The molecule has 0 aliphatic heterocycles. The van der Waals surface area contributed by atoms with Crippen molar-refractivity contribution in [2.75, 3.05) is 5.32 Å². The van der Waals surface area contributed by atoms with E-state index in [1.165, 1.54) is 30.3 Å². The van der Waals surface area contributed by atoms with Crippen LogP contribution >= 0.6 is 15.9 Å². The zero-order valence-corrected chi connectivity index (χ0v) is 13.7. The number of fused-ring (bicyclic) bond motifs is 1. The molecule has 1 N–H and O–H groups in total. The fourth-order valence-corrected chi connectivity index (χ4v) is 3.50. The quantitative estimate of drug-likeness (QED) is 0.813. The zero-order valence-electron chi connectivity index (χ0n) is 12.1. The van der Waals surface area contributed by atoms with Crippen molar-refractivity contribution in [3.8, 4) is 0 Å². The van der Waals surface area contributed by atoms with Crippen LogP contribution in [0.25, 0.3) is 10.9 Å². The molecule has 0 radical (unpaired) electrons. The molecular formula is C17H21BrN2. The molecule has 1 aromatic heterocycles. The average Bonchev–Trinajstić information content (AvgIpc) is 2.43. The van der Waals surface area contributed by atoms with Crippen LogP contribution in [0.15, 0.2) is 34.9 Å². The Morgan fingerprint density at radius 1 is 1.20 bits per heavy atom. The minimum absolute atomic E-state index is 0.581. The smallest absolute Gasteiger partial charge is 0.0934 e. The first-order valence-corrected chi connectivity index (χ1v) is 8.23. The number of nitrogens with zero attached hydrogens (tertiary/aromatic N) is 1. The number of rotatable bonds is 2. The van der Waals surface area contributed by atoms with Crippen molar-refractivity contribution in [1.29, 1.82) is 0 Å². The van der Waals surface area contributed by atoms with Gasteiger partial charge in [-0.15, -0.1) is 0 Å². The van der Waals surface area contributed by atoms with E-state index in [-0.39, 0.29) is 0 Å². The maximum atomic E-state index is 4.57. The van der Waals surface area contributed by atoms with Crippen LogP contribution in [-0.2, 0) is 0 Å². The Morgan fingerprint density at radius 3 is 2.85 bits per heavy atom. The summed E-state index contributed by atoms with van der Waals surface area (Å²) in [7, 11) is 0. The number of hydrogen-bond donors (Lipinski definition) is 1. The molecule has 0 spiro atoms. The number of hydrogen-bond acceptors (Lipinski definition) is 2. The van der Waals surface area contributed by atoms with Gasteiger partial charge in [0.1, 0.15) is 0 Å². The largest absolute Gasteiger partial charge is 0.381 e. The van der Waals surface area contributed by atoms with Gasteiger partial charge < -0.3 is 5.32 Å². The Morgan fingerprint density at radius 2 is 2.05 bits per heavy atom. The molecule has 20 heavy (non-hydrogen) atoms. The van der Waals surface area contributed by atoms with Crippen molar-refractivity contribution < 1.29 is 0 Å². The maximum Gasteiger partial charge on any atom is 0.0934 e. The van der Waals surface area contributed by atoms with Gasteiger partial charge in [0, 0.05) is 22.1 Å². The Labute approximate surface area is 129 Å². The lowest BCUT2D eigenvalue weighted by Crippen LogP contribution is -2.30. The van der Waals surface area contributed by atoms with Crippen LogP contribution in [0, 0.1) is 11.8 Å². The van der Waals surface area contributed by atoms with Gasteiger partial charge in [0.25, 0.3) is 0 Å². The number of benzene rings is 1. The number of anilines is 1. The molecule has 3 atom stereocenters. The fourth-order valence-electron chi connectivity index (χ4n) is 3.15. The number of para-hydroxylation sites is 1. The van der Waals surface area contributed by atoms with E-state index in [0.29, 0.717) is 6.04 Å². The molecule has 1 aliphatic rings. The van der Waals surface area contributed by atoms with Gasteiger partial charge >= 0.3 is 0 Å². The van der Waals surface area contributed by atoms with Gasteiger partial charge in [0.05, 0.1) is 11.2 Å². The number of nitrogens with one attached hydrogen (secondary N) is 1. The third-order valence-electron chi connectivity index (χ3n) is 4.64. The molecule has 106 valence electrons. The standard InChI is InChI=1S/C17H21BrN2/c1-11-6-7-15(8-12(11)2)20-16-5-3-4-13-9-14(18)10-19-17(13)16/h3-5,9-12,15,20H,6-8H2,1-2H3. The summed E-state index contributed by atoms with van der Waals surface area (Å²) in [4.78, 5) is 4.57. The van der Waals surface area contributed by atoms with Crippen LogP contribution < -0.4 is 5.32 Å². The summed E-state index contributed by atoms with van der Waals surface area (Å²) in [6.07, 6.45) is 5.72. The molecule has 1 heterocycles. The lowest BCUT2D eigenvalue weighted by molar-refractivity contribution is 0.261. The van der Waals surface area contributed by atoms with Crippen molar-refractivity contribution in [3.63, 3.8) is 0 Å². The molecule has 1 saturated carbocycles. The van der Waals surface area contributed by atoms with E-state index in [1.54, 1.807) is 0 Å². The molecule has 0 bridgehead atoms. The summed E-state index contributed by atoms with van der Waals surface area (Å²) in [5.41, 5.74) is 2.24. The van der Waals surface area contributed by atoms with Gasteiger partial charge in [-0.3, -0.25) is 4.98 Å². The van der Waals surface area contributed by atoms with Crippen molar-refractivity contribution >= 4 is 32.5 Å². The highest BCUT2D eigenvalue weighted by molar-refractivity contribution is 9.10. The van der Waals surface area contributed by atoms with Crippen molar-refractivity contribution in [1.82, 2.24) is 4.98 Å². The highest BCUT2D eigenvalue weighted by Crippen LogP contribution is 2.32. The zero-order chi connectivity index (χ0) is 14.1. The van der Waals surface area contributed by atoms with Crippen LogP contribution in [0.3, 0.4) is 0 Å². The number of aromatic nitrogens is 1. The molecule has 2 nitrogen and oxygen atoms in total. The summed E-state index contributed by atoms with van der Waals surface area (Å²) >= 11 is 3.49. The molecule has 1 fully saturated rings. The van der Waals surface area contributed by atoms with Gasteiger partial charge in [-0.25, -0.2) is 0 Å². The summed E-state index contributed by atoms with van der Waals surface area (Å²) < 4.78 is 1.03. The number of pyridine rings is 1. The van der Waals surface area contributed by atoms with Crippen LogP contribution in [0.5, 0.6) is 0 Å². The van der Waals surface area contributed by atoms with Crippen molar-refractivity contribution in [2.45, 2.75) is 39.2 Å². The third-order valence-corrected chi connectivity index (χ3v) is 5.07. The van der Waals surface area contributed by atoms with Crippen molar-refractivity contribution in [2.24, 2.45) is 11.8 Å². The second-order valence-corrected chi connectivity index (χ2v) is 7.06. The predicted octanol–water partition coefficient (Wildman–Crippen LogP) is 5.23. The SMILES string of the molecule is CC1CCC(Nc2cccc3cc(Br)cnc23)CC1C. The van der Waals surface area contributed by atoms with Gasteiger partial charge in [0.2, 0.25) is 0 Å². The summed E-state index contributed by atoms with van der Waals surface area (Å²) in [5, 5.41) is 4.90. The van der Waals surface area contributed by atoms with Crippen LogP contribution in [-0.4, -0.2) is 11.0 Å². The van der Waals surface area contributed by atoms with E-state index in [4.69, 9.17) is 0 Å². The van der Waals surface area contributed by atoms with E-state index in [2.05, 4.69) is 64.3 Å². The molecule has 0 amide bonds. The first-order valence-electron chi connectivity index (χ1n) is 7.44. The normalized spacial score (nSPS) is 26.6.